The van der Waals surface area contributed by atoms with Crippen molar-refractivity contribution in [3.05, 3.63) is 99.8 Å². The summed E-state index contributed by atoms with van der Waals surface area (Å²) in [6, 6.07) is 17.2. The van der Waals surface area contributed by atoms with Gasteiger partial charge in [-0.15, -0.1) is 6.42 Å². The standard InChI is InChI=1S/C33H33ClN2O5S/c1-6-13-39-31-12-8-11-29(23(31)3)28-10-7-9-25(22(28)2)21-41-33-16-32(26(18-35-4)15-30(33)34)40-20-24-14-27(19-36-17-24)42(5,37)38/h1,7-12,14-17,19,35H,13,18,20-21H2,2-5H3. The zero-order valence-corrected chi connectivity index (χ0v) is 25.6. The number of hydrogen-bond acceptors (Lipinski definition) is 7. The lowest BCUT2D eigenvalue weighted by atomic mass is 9.93. The Morgan fingerprint density at radius 2 is 1.60 bits per heavy atom. The minimum absolute atomic E-state index is 0.124. The highest BCUT2D eigenvalue weighted by Crippen LogP contribution is 2.36. The van der Waals surface area contributed by atoms with Crippen molar-refractivity contribution in [2.24, 2.45) is 0 Å². The van der Waals surface area contributed by atoms with Crippen molar-refractivity contribution in [3.8, 4) is 40.7 Å². The Morgan fingerprint density at radius 3 is 2.31 bits per heavy atom. The number of halogens is 1. The number of rotatable bonds is 12. The number of pyridine rings is 1. The Labute approximate surface area is 252 Å². The molecule has 9 heteroatoms. The van der Waals surface area contributed by atoms with Crippen LogP contribution in [0.4, 0.5) is 0 Å². The molecular weight excluding hydrogens is 572 g/mol. The van der Waals surface area contributed by atoms with E-state index >= 15 is 0 Å². The lowest BCUT2D eigenvalue weighted by Gasteiger charge is -2.18. The fourth-order valence-electron chi connectivity index (χ4n) is 4.53. The van der Waals surface area contributed by atoms with E-state index in [0.717, 1.165) is 45.4 Å². The monoisotopic (exact) mass is 604 g/mol. The molecule has 218 valence electrons. The minimum Gasteiger partial charge on any atom is -0.488 e. The summed E-state index contributed by atoms with van der Waals surface area (Å²) < 4.78 is 41.9. The molecule has 42 heavy (non-hydrogen) atoms. The number of terminal acetylenes is 1. The number of ether oxygens (including phenoxy) is 3. The Kier molecular flexibility index (Phi) is 10.1. The van der Waals surface area contributed by atoms with E-state index in [2.05, 4.69) is 35.3 Å². The first-order chi connectivity index (χ1) is 20.1. The van der Waals surface area contributed by atoms with Crippen LogP contribution in [0.3, 0.4) is 0 Å². The fourth-order valence-corrected chi connectivity index (χ4v) is 5.38. The summed E-state index contributed by atoms with van der Waals surface area (Å²) in [5.74, 6) is 4.31. The predicted octanol–water partition coefficient (Wildman–Crippen LogP) is 6.31. The number of benzene rings is 3. The highest BCUT2D eigenvalue weighted by molar-refractivity contribution is 7.90. The predicted molar refractivity (Wildman–Crippen MR) is 166 cm³/mol. The van der Waals surface area contributed by atoms with Crippen LogP contribution in [0.5, 0.6) is 17.2 Å². The van der Waals surface area contributed by atoms with Gasteiger partial charge in [-0.1, -0.05) is 47.9 Å². The molecular formula is C33H33ClN2O5S. The van der Waals surface area contributed by atoms with E-state index in [4.69, 9.17) is 32.2 Å². The third-order valence-electron chi connectivity index (χ3n) is 6.79. The number of nitrogens with one attached hydrogen (secondary N) is 1. The molecule has 4 rings (SSSR count). The summed E-state index contributed by atoms with van der Waals surface area (Å²) in [5.41, 5.74) is 6.68. The third-order valence-corrected chi connectivity index (χ3v) is 8.16. The van der Waals surface area contributed by atoms with E-state index in [1.165, 1.54) is 6.20 Å². The molecule has 0 atom stereocenters. The maximum Gasteiger partial charge on any atom is 0.177 e. The first-order valence-electron chi connectivity index (χ1n) is 13.2. The van der Waals surface area contributed by atoms with E-state index in [-0.39, 0.29) is 24.7 Å². The van der Waals surface area contributed by atoms with Gasteiger partial charge in [0.25, 0.3) is 0 Å². The maximum atomic E-state index is 11.9. The van der Waals surface area contributed by atoms with Crippen molar-refractivity contribution < 1.29 is 22.6 Å². The van der Waals surface area contributed by atoms with Gasteiger partial charge in [-0.05, 0) is 66.9 Å². The molecule has 0 saturated carbocycles. The van der Waals surface area contributed by atoms with E-state index < -0.39 is 9.84 Å². The smallest absolute Gasteiger partial charge is 0.177 e. The summed E-state index contributed by atoms with van der Waals surface area (Å²) in [6.45, 7) is 5.22. The molecule has 0 aliphatic rings. The molecule has 0 saturated heterocycles. The zero-order chi connectivity index (χ0) is 30.3. The van der Waals surface area contributed by atoms with Crippen LogP contribution in [-0.4, -0.2) is 33.3 Å². The maximum absolute atomic E-state index is 11.9. The van der Waals surface area contributed by atoms with Crippen molar-refractivity contribution >= 4 is 21.4 Å². The number of aromatic nitrogens is 1. The summed E-state index contributed by atoms with van der Waals surface area (Å²) in [4.78, 5) is 4.18. The average Bonchev–Trinajstić information content (AvgIpc) is 2.96. The normalized spacial score (nSPS) is 11.1. The molecule has 0 spiro atoms. The van der Waals surface area contributed by atoms with Crippen LogP contribution in [-0.2, 0) is 29.6 Å². The molecule has 0 aliphatic heterocycles. The topological polar surface area (TPSA) is 86.8 Å². The van der Waals surface area contributed by atoms with Gasteiger partial charge in [-0.25, -0.2) is 8.42 Å². The van der Waals surface area contributed by atoms with Crippen molar-refractivity contribution in [3.63, 3.8) is 0 Å². The van der Waals surface area contributed by atoms with E-state index in [1.54, 1.807) is 18.3 Å². The zero-order valence-electron chi connectivity index (χ0n) is 24.0. The SMILES string of the molecule is C#CCOc1cccc(-c2cccc(COc3cc(OCc4cncc(S(C)(=O)=O)c4)c(CNC)cc3Cl)c2C)c1C. The Morgan fingerprint density at radius 1 is 0.881 bits per heavy atom. The fraction of sp³-hybridized carbons (Fsp3) is 0.242. The van der Waals surface area contributed by atoms with Crippen LogP contribution in [0.15, 0.2) is 71.9 Å². The van der Waals surface area contributed by atoms with Crippen LogP contribution in [0.2, 0.25) is 5.02 Å². The Bertz CT molecular complexity index is 1730. The van der Waals surface area contributed by atoms with Crippen LogP contribution < -0.4 is 19.5 Å². The molecule has 0 radical (unpaired) electrons. The molecule has 3 aromatic carbocycles. The molecule has 1 heterocycles. The molecule has 0 bridgehead atoms. The first-order valence-corrected chi connectivity index (χ1v) is 15.5. The lowest BCUT2D eigenvalue weighted by molar-refractivity contribution is 0.287. The summed E-state index contributed by atoms with van der Waals surface area (Å²) in [7, 11) is -1.55. The van der Waals surface area contributed by atoms with Gasteiger partial charge >= 0.3 is 0 Å². The second-order valence-electron chi connectivity index (χ2n) is 9.81. The highest BCUT2D eigenvalue weighted by Gasteiger charge is 2.15. The van der Waals surface area contributed by atoms with Gasteiger partial charge in [0.05, 0.1) is 9.92 Å². The van der Waals surface area contributed by atoms with Crippen LogP contribution >= 0.6 is 11.6 Å². The second-order valence-corrected chi connectivity index (χ2v) is 12.2. The average molecular weight is 605 g/mol. The minimum atomic E-state index is -3.38. The molecule has 1 N–H and O–H groups in total. The molecule has 0 amide bonds. The quantitative estimate of drug-likeness (QED) is 0.190. The van der Waals surface area contributed by atoms with Crippen LogP contribution in [0.1, 0.15) is 27.8 Å². The number of nitrogens with zero attached hydrogens (tertiary/aromatic N) is 1. The molecule has 0 aliphatic carbocycles. The Hall–Kier alpha value is -4.03. The van der Waals surface area contributed by atoms with Crippen molar-refractivity contribution in [2.75, 3.05) is 19.9 Å². The molecule has 0 unspecified atom stereocenters. The van der Waals surface area contributed by atoms with E-state index in [0.29, 0.717) is 28.6 Å². The molecule has 7 nitrogen and oxygen atoms in total. The summed E-state index contributed by atoms with van der Waals surface area (Å²) in [5, 5.41) is 3.57. The third kappa shape index (κ3) is 7.42. The molecule has 0 fully saturated rings. The van der Waals surface area contributed by atoms with Crippen molar-refractivity contribution in [1.82, 2.24) is 10.3 Å². The molecule has 4 aromatic rings. The van der Waals surface area contributed by atoms with Crippen LogP contribution in [0, 0.1) is 26.2 Å². The van der Waals surface area contributed by atoms with Crippen molar-refractivity contribution in [2.45, 2.75) is 38.5 Å². The van der Waals surface area contributed by atoms with Gasteiger partial charge in [0.2, 0.25) is 0 Å². The largest absolute Gasteiger partial charge is 0.488 e. The van der Waals surface area contributed by atoms with E-state index in [1.807, 2.05) is 44.3 Å². The summed E-state index contributed by atoms with van der Waals surface area (Å²) >= 11 is 6.63. The second kappa shape index (κ2) is 13.8. The lowest BCUT2D eigenvalue weighted by Crippen LogP contribution is -2.09. The van der Waals surface area contributed by atoms with Crippen LogP contribution in [0.25, 0.3) is 11.1 Å². The molecule has 1 aromatic heterocycles. The van der Waals surface area contributed by atoms with E-state index in [9.17, 15) is 8.42 Å². The van der Waals surface area contributed by atoms with Gasteiger partial charge in [-0.2, -0.15) is 0 Å². The van der Waals surface area contributed by atoms with Crippen molar-refractivity contribution in [1.29, 1.82) is 0 Å². The highest BCUT2D eigenvalue weighted by atomic mass is 35.5. The van der Waals surface area contributed by atoms with Gasteiger partial charge in [0.1, 0.15) is 37.1 Å². The summed E-state index contributed by atoms with van der Waals surface area (Å²) in [6.07, 6.45) is 9.42. The van der Waals surface area contributed by atoms with Gasteiger partial charge in [0.15, 0.2) is 9.84 Å². The first kappa shape index (κ1) is 30.9. The number of hydrogen-bond donors (Lipinski definition) is 1. The number of sulfone groups is 1. The van der Waals surface area contributed by atoms with Gasteiger partial charge < -0.3 is 19.5 Å². The van der Waals surface area contributed by atoms with Gasteiger partial charge in [0, 0.05) is 42.4 Å². The van der Waals surface area contributed by atoms with Gasteiger partial charge in [-0.3, -0.25) is 4.98 Å². The Balaban J connectivity index is 1.57.